The Morgan fingerprint density at radius 1 is 1.47 bits per heavy atom. The van der Waals surface area contributed by atoms with E-state index in [-0.39, 0.29) is 12.8 Å². The third-order valence-corrected chi connectivity index (χ3v) is 2.35. The third kappa shape index (κ3) is 5.73. The van der Waals surface area contributed by atoms with Crippen molar-refractivity contribution in [1.82, 2.24) is 15.5 Å². The highest BCUT2D eigenvalue weighted by Crippen LogP contribution is 2.03. The molecule has 0 saturated carbocycles. The fourth-order valence-corrected chi connectivity index (χ4v) is 1.33. The molecule has 0 aliphatic heterocycles. The van der Waals surface area contributed by atoms with E-state index in [9.17, 15) is 13.6 Å². The van der Waals surface area contributed by atoms with Crippen LogP contribution in [0.15, 0.2) is 4.52 Å². The van der Waals surface area contributed by atoms with Crippen molar-refractivity contribution in [3.05, 3.63) is 11.7 Å². The van der Waals surface area contributed by atoms with Crippen LogP contribution in [-0.2, 0) is 17.6 Å². The van der Waals surface area contributed by atoms with E-state index >= 15 is 0 Å². The van der Waals surface area contributed by atoms with Crippen molar-refractivity contribution in [2.75, 3.05) is 6.54 Å². The quantitative estimate of drug-likeness (QED) is 0.730. The SMILES string of the molecule is CCCc1noc(CCC(=O)NCC(O)C(F)F)n1. The molecule has 1 heterocycles. The molecule has 0 radical (unpaired) electrons. The summed E-state index contributed by atoms with van der Waals surface area (Å²) in [4.78, 5) is 15.4. The van der Waals surface area contributed by atoms with Gasteiger partial charge in [-0.15, -0.1) is 0 Å². The molecule has 0 aromatic carbocycles. The lowest BCUT2D eigenvalue weighted by Crippen LogP contribution is -2.35. The van der Waals surface area contributed by atoms with Crippen molar-refractivity contribution in [2.45, 2.75) is 45.1 Å². The van der Waals surface area contributed by atoms with Crippen molar-refractivity contribution < 1.29 is 23.2 Å². The van der Waals surface area contributed by atoms with Gasteiger partial charge in [0.1, 0.15) is 6.10 Å². The van der Waals surface area contributed by atoms with Gasteiger partial charge in [-0.3, -0.25) is 4.79 Å². The van der Waals surface area contributed by atoms with Crippen molar-refractivity contribution >= 4 is 5.91 Å². The standard InChI is InChI=1S/C11H17F2N3O3/c1-2-3-8-15-10(19-16-8)5-4-9(18)14-6-7(17)11(12)13/h7,11,17H,2-6H2,1H3,(H,14,18). The lowest BCUT2D eigenvalue weighted by Gasteiger charge is -2.09. The molecule has 2 N–H and O–H groups in total. The zero-order valence-electron chi connectivity index (χ0n) is 10.6. The monoisotopic (exact) mass is 277 g/mol. The van der Waals surface area contributed by atoms with E-state index in [0.29, 0.717) is 18.1 Å². The van der Waals surface area contributed by atoms with Crippen LogP contribution < -0.4 is 5.32 Å². The molecule has 1 aromatic rings. The molecule has 1 unspecified atom stereocenters. The van der Waals surface area contributed by atoms with E-state index in [4.69, 9.17) is 9.63 Å². The number of nitrogens with one attached hydrogen (secondary N) is 1. The van der Waals surface area contributed by atoms with Gasteiger partial charge in [0.05, 0.1) is 0 Å². The van der Waals surface area contributed by atoms with Crippen LogP contribution in [0.2, 0.25) is 0 Å². The van der Waals surface area contributed by atoms with Gasteiger partial charge in [0, 0.05) is 25.8 Å². The Bertz CT molecular complexity index is 398. The minimum Gasteiger partial charge on any atom is -0.385 e. The number of aliphatic hydroxyl groups excluding tert-OH is 1. The molecular formula is C11H17F2N3O3. The van der Waals surface area contributed by atoms with Gasteiger partial charge in [0.25, 0.3) is 6.43 Å². The predicted molar refractivity (Wildman–Crippen MR) is 61.6 cm³/mol. The molecule has 0 aliphatic rings. The lowest BCUT2D eigenvalue weighted by atomic mass is 10.2. The fourth-order valence-electron chi connectivity index (χ4n) is 1.33. The number of amides is 1. The van der Waals surface area contributed by atoms with E-state index in [0.717, 1.165) is 6.42 Å². The normalized spacial score (nSPS) is 12.7. The van der Waals surface area contributed by atoms with Gasteiger partial charge in [-0.2, -0.15) is 4.98 Å². The second-order valence-electron chi connectivity index (χ2n) is 4.06. The number of alkyl halides is 2. The number of rotatable bonds is 8. The Morgan fingerprint density at radius 2 is 2.21 bits per heavy atom. The number of hydrogen-bond donors (Lipinski definition) is 2. The van der Waals surface area contributed by atoms with Crippen LogP contribution in [0.3, 0.4) is 0 Å². The summed E-state index contributed by atoms with van der Waals surface area (Å²) in [5, 5.41) is 14.7. The number of carbonyl (C=O) groups excluding carboxylic acids is 1. The summed E-state index contributed by atoms with van der Waals surface area (Å²) in [5.74, 6) is 0.481. The summed E-state index contributed by atoms with van der Waals surface area (Å²) < 4.78 is 28.9. The molecule has 0 aliphatic carbocycles. The highest BCUT2D eigenvalue weighted by Gasteiger charge is 2.17. The first-order chi connectivity index (χ1) is 9.02. The van der Waals surface area contributed by atoms with Crippen LogP contribution >= 0.6 is 0 Å². The molecule has 0 bridgehead atoms. The Labute approximate surface area is 109 Å². The topological polar surface area (TPSA) is 88.2 Å². The van der Waals surface area contributed by atoms with Crippen molar-refractivity contribution in [1.29, 1.82) is 0 Å². The van der Waals surface area contributed by atoms with Crippen LogP contribution in [0.1, 0.15) is 31.5 Å². The predicted octanol–water partition coefficient (Wildman–Crippen LogP) is 0.697. The molecule has 8 heteroatoms. The zero-order chi connectivity index (χ0) is 14.3. The highest BCUT2D eigenvalue weighted by atomic mass is 19.3. The van der Waals surface area contributed by atoms with E-state index in [2.05, 4.69) is 15.5 Å². The third-order valence-electron chi connectivity index (χ3n) is 2.35. The average molecular weight is 277 g/mol. The average Bonchev–Trinajstić information content (AvgIpc) is 2.81. The molecule has 1 rings (SSSR count). The van der Waals surface area contributed by atoms with E-state index in [1.807, 2.05) is 6.92 Å². The first-order valence-corrected chi connectivity index (χ1v) is 6.07. The molecule has 0 fully saturated rings. The number of halogens is 2. The summed E-state index contributed by atoms with van der Waals surface area (Å²) in [5.41, 5.74) is 0. The molecule has 0 saturated heterocycles. The number of aryl methyl sites for hydroxylation is 2. The summed E-state index contributed by atoms with van der Waals surface area (Å²) in [6.45, 7) is 1.51. The van der Waals surface area contributed by atoms with Crippen molar-refractivity contribution in [3.63, 3.8) is 0 Å². The zero-order valence-corrected chi connectivity index (χ0v) is 10.6. The Morgan fingerprint density at radius 3 is 2.84 bits per heavy atom. The van der Waals surface area contributed by atoms with Gasteiger partial charge in [-0.05, 0) is 6.42 Å². The molecule has 0 spiro atoms. The number of aromatic nitrogens is 2. The molecule has 108 valence electrons. The molecular weight excluding hydrogens is 260 g/mol. The van der Waals surface area contributed by atoms with E-state index in [1.165, 1.54) is 0 Å². The molecule has 19 heavy (non-hydrogen) atoms. The fraction of sp³-hybridized carbons (Fsp3) is 0.727. The highest BCUT2D eigenvalue weighted by molar-refractivity contribution is 5.76. The maximum absolute atomic E-state index is 12.0. The number of hydrogen-bond acceptors (Lipinski definition) is 5. The maximum atomic E-state index is 12.0. The van der Waals surface area contributed by atoms with Gasteiger partial charge < -0.3 is 14.9 Å². The van der Waals surface area contributed by atoms with Crippen LogP contribution in [-0.4, -0.2) is 40.2 Å². The summed E-state index contributed by atoms with van der Waals surface area (Å²) in [7, 11) is 0. The molecule has 1 atom stereocenters. The Balaban J connectivity index is 2.25. The minimum atomic E-state index is -2.87. The van der Waals surface area contributed by atoms with Crippen molar-refractivity contribution in [2.24, 2.45) is 0 Å². The summed E-state index contributed by atoms with van der Waals surface area (Å²) in [6.07, 6.45) is -2.82. The first-order valence-electron chi connectivity index (χ1n) is 6.07. The molecule has 6 nitrogen and oxygen atoms in total. The maximum Gasteiger partial charge on any atom is 0.265 e. The van der Waals surface area contributed by atoms with Gasteiger partial charge in [0.15, 0.2) is 5.82 Å². The largest absolute Gasteiger partial charge is 0.385 e. The van der Waals surface area contributed by atoms with E-state index in [1.54, 1.807) is 0 Å². The van der Waals surface area contributed by atoms with Gasteiger partial charge in [0.2, 0.25) is 11.8 Å². The molecule has 1 aromatic heterocycles. The summed E-state index contributed by atoms with van der Waals surface area (Å²) >= 11 is 0. The van der Waals surface area contributed by atoms with Crippen LogP contribution in [0.4, 0.5) is 8.78 Å². The van der Waals surface area contributed by atoms with Crippen LogP contribution in [0.25, 0.3) is 0 Å². The van der Waals surface area contributed by atoms with Gasteiger partial charge in [-0.1, -0.05) is 12.1 Å². The molecule has 1 amide bonds. The Kier molecular flexibility index (Phi) is 6.34. The van der Waals surface area contributed by atoms with Gasteiger partial charge >= 0.3 is 0 Å². The lowest BCUT2D eigenvalue weighted by molar-refractivity contribution is -0.122. The summed E-state index contributed by atoms with van der Waals surface area (Å²) in [6, 6.07) is 0. The van der Waals surface area contributed by atoms with Crippen LogP contribution in [0.5, 0.6) is 0 Å². The second-order valence-corrected chi connectivity index (χ2v) is 4.06. The minimum absolute atomic E-state index is 0.0454. The van der Waals surface area contributed by atoms with Crippen LogP contribution in [0, 0.1) is 0 Å². The van der Waals surface area contributed by atoms with Gasteiger partial charge in [-0.25, -0.2) is 8.78 Å². The first kappa shape index (κ1) is 15.5. The smallest absolute Gasteiger partial charge is 0.265 e. The van der Waals surface area contributed by atoms with E-state index < -0.39 is 25.0 Å². The number of nitrogens with zero attached hydrogens (tertiary/aromatic N) is 2. The number of aliphatic hydroxyl groups is 1. The van der Waals surface area contributed by atoms with Crippen molar-refractivity contribution in [3.8, 4) is 0 Å². The number of carbonyl (C=O) groups is 1. The second kappa shape index (κ2) is 7.78. The Hall–Kier alpha value is -1.57.